The molecule has 29 heavy (non-hydrogen) atoms. The second-order valence-corrected chi connectivity index (χ2v) is 7.05. The van der Waals surface area contributed by atoms with Crippen molar-refractivity contribution in [1.82, 2.24) is 15.0 Å². The average molecular weight is 390 g/mol. The Kier molecular flexibility index (Phi) is 5.86. The molecule has 0 atom stereocenters. The van der Waals surface area contributed by atoms with E-state index in [1.165, 1.54) is 11.1 Å². The van der Waals surface area contributed by atoms with E-state index in [9.17, 15) is 0 Å². The lowest BCUT2D eigenvalue weighted by atomic mass is 10.1. The molecule has 1 saturated heterocycles. The average Bonchev–Trinajstić information content (AvgIpc) is 2.76. The molecule has 7 heteroatoms. The smallest absolute Gasteiger partial charge is 0.233 e. The van der Waals surface area contributed by atoms with Gasteiger partial charge in [0.1, 0.15) is 0 Å². The summed E-state index contributed by atoms with van der Waals surface area (Å²) in [5, 5.41) is 6.60. The van der Waals surface area contributed by atoms with Gasteiger partial charge < -0.3 is 20.3 Å². The Balaban J connectivity index is 1.61. The van der Waals surface area contributed by atoms with Crippen molar-refractivity contribution in [2.75, 3.05) is 41.8 Å². The number of nitrogens with zero attached hydrogens (tertiary/aromatic N) is 4. The van der Waals surface area contributed by atoms with Gasteiger partial charge in [-0.25, -0.2) is 0 Å². The number of morpholine rings is 1. The highest BCUT2D eigenvalue weighted by atomic mass is 16.5. The lowest BCUT2D eigenvalue weighted by molar-refractivity contribution is 0.122. The molecule has 2 aromatic carbocycles. The van der Waals surface area contributed by atoms with Crippen molar-refractivity contribution in [3.8, 4) is 0 Å². The fourth-order valence-corrected chi connectivity index (χ4v) is 3.10. The number of hydrogen-bond donors (Lipinski definition) is 2. The normalized spacial score (nSPS) is 13.9. The molecule has 4 rings (SSSR count). The van der Waals surface area contributed by atoms with Gasteiger partial charge in [-0.15, -0.1) is 0 Å². The third-order valence-electron chi connectivity index (χ3n) is 4.84. The van der Waals surface area contributed by atoms with Gasteiger partial charge in [-0.3, -0.25) is 0 Å². The minimum absolute atomic E-state index is 0.512. The van der Waals surface area contributed by atoms with Gasteiger partial charge in [-0.1, -0.05) is 36.8 Å². The molecule has 1 aliphatic rings. The number of aryl methyl sites for hydroxylation is 2. The van der Waals surface area contributed by atoms with Crippen molar-refractivity contribution in [3.05, 3.63) is 59.7 Å². The zero-order chi connectivity index (χ0) is 20.1. The summed E-state index contributed by atoms with van der Waals surface area (Å²) in [6.07, 6.45) is 1.01. The first-order valence-corrected chi connectivity index (χ1v) is 9.98. The van der Waals surface area contributed by atoms with Gasteiger partial charge in [0, 0.05) is 24.5 Å². The van der Waals surface area contributed by atoms with E-state index in [-0.39, 0.29) is 0 Å². The molecule has 150 valence electrons. The number of ether oxygens (including phenoxy) is 1. The molecule has 2 N–H and O–H groups in total. The van der Waals surface area contributed by atoms with Gasteiger partial charge in [0.05, 0.1) is 13.2 Å². The molecule has 0 saturated carbocycles. The first kappa shape index (κ1) is 19.1. The Bertz CT molecular complexity index is 937. The maximum atomic E-state index is 5.46. The molecule has 1 aromatic heterocycles. The van der Waals surface area contributed by atoms with Gasteiger partial charge in [0.15, 0.2) is 0 Å². The molecule has 0 unspecified atom stereocenters. The van der Waals surface area contributed by atoms with E-state index in [1.807, 2.05) is 24.3 Å². The molecule has 0 aliphatic carbocycles. The van der Waals surface area contributed by atoms with Crippen LogP contribution in [0.5, 0.6) is 0 Å². The highest BCUT2D eigenvalue weighted by molar-refractivity contribution is 5.60. The van der Waals surface area contributed by atoms with Crippen molar-refractivity contribution >= 4 is 29.2 Å². The maximum Gasteiger partial charge on any atom is 0.233 e. The number of rotatable bonds is 6. The summed E-state index contributed by atoms with van der Waals surface area (Å²) < 4.78 is 5.46. The monoisotopic (exact) mass is 390 g/mol. The molecule has 0 amide bonds. The van der Waals surface area contributed by atoms with Gasteiger partial charge >= 0.3 is 0 Å². The highest BCUT2D eigenvalue weighted by Crippen LogP contribution is 2.21. The van der Waals surface area contributed by atoms with Gasteiger partial charge in [-0.2, -0.15) is 15.0 Å². The van der Waals surface area contributed by atoms with Crippen LogP contribution in [0.2, 0.25) is 0 Å². The standard InChI is InChI=1S/C22H26N6O/c1-3-17-6-10-19(11-7-17)24-21-25-20(23-18-8-4-16(2)5-9-18)26-22(27-21)28-12-14-29-15-13-28/h4-11H,3,12-15H2,1-2H3,(H2,23,24,25,26,27). The first-order valence-electron chi connectivity index (χ1n) is 9.98. The van der Waals surface area contributed by atoms with Crippen LogP contribution in [0.15, 0.2) is 48.5 Å². The summed E-state index contributed by atoms with van der Waals surface area (Å²) in [4.78, 5) is 16.0. The Morgan fingerprint density at radius 3 is 1.93 bits per heavy atom. The largest absolute Gasteiger partial charge is 0.378 e. The first-order chi connectivity index (χ1) is 14.2. The van der Waals surface area contributed by atoms with E-state index in [1.54, 1.807) is 0 Å². The molecular formula is C22H26N6O. The summed E-state index contributed by atoms with van der Waals surface area (Å²) in [6, 6.07) is 16.5. The van der Waals surface area contributed by atoms with Crippen LogP contribution in [0.4, 0.5) is 29.2 Å². The fourth-order valence-electron chi connectivity index (χ4n) is 3.10. The Morgan fingerprint density at radius 2 is 1.38 bits per heavy atom. The second kappa shape index (κ2) is 8.87. The van der Waals surface area contributed by atoms with Crippen LogP contribution in [0.1, 0.15) is 18.1 Å². The van der Waals surface area contributed by atoms with E-state index < -0.39 is 0 Å². The number of nitrogens with one attached hydrogen (secondary N) is 2. The minimum Gasteiger partial charge on any atom is -0.378 e. The molecule has 1 aliphatic heterocycles. The summed E-state index contributed by atoms with van der Waals surface area (Å²) >= 11 is 0. The Morgan fingerprint density at radius 1 is 0.828 bits per heavy atom. The topological polar surface area (TPSA) is 75.2 Å². The summed E-state index contributed by atoms with van der Waals surface area (Å²) in [5.41, 5.74) is 4.38. The third kappa shape index (κ3) is 5.00. The van der Waals surface area contributed by atoms with Crippen molar-refractivity contribution in [2.24, 2.45) is 0 Å². The Hall–Kier alpha value is -3.19. The lowest BCUT2D eigenvalue weighted by Gasteiger charge is -2.27. The predicted molar refractivity (Wildman–Crippen MR) is 116 cm³/mol. The van der Waals surface area contributed by atoms with Gasteiger partial charge in [0.2, 0.25) is 17.8 Å². The second-order valence-electron chi connectivity index (χ2n) is 7.05. The van der Waals surface area contributed by atoms with Crippen LogP contribution in [0, 0.1) is 6.92 Å². The van der Waals surface area contributed by atoms with Crippen molar-refractivity contribution in [2.45, 2.75) is 20.3 Å². The van der Waals surface area contributed by atoms with Crippen LogP contribution in [-0.2, 0) is 11.2 Å². The molecular weight excluding hydrogens is 364 g/mol. The quantitative estimate of drug-likeness (QED) is 0.657. The highest BCUT2D eigenvalue weighted by Gasteiger charge is 2.17. The summed E-state index contributed by atoms with van der Waals surface area (Å²) in [6.45, 7) is 7.08. The zero-order valence-corrected chi connectivity index (χ0v) is 16.9. The van der Waals surface area contributed by atoms with Crippen LogP contribution in [0.25, 0.3) is 0 Å². The number of anilines is 5. The van der Waals surface area contributed by atoms with Gasteiger partial charge in [-0.05, 0) is 43.2 Å². The fraction of sp³-hybridized carbons (Fsp3) is 0.318. The SMILES string of the molecule is CCc1ccc(Nc2nc(Nc3ccc(C)cc3)nc(N3CCOCC3)n2)cc1. The van der Waals surface area contributed by atoms with Crippen molar-refractivity contribution in [3.63, 3.8) is 0 Å². The minimum atomic E-state index is 0.512. The number of aromatic nitrogens is 3. The van der Waals surface area contributed by atoms with E-state index >= 15 is 0 Å². The summed E-state index contributed by atoms with van der Waals surface area (Å²) in [5.74, 6) is 1.67. The maximum absolute atomic E-state index is 5.46. The Labute approximate surface area is 171 Å². The number of hydrogen-bond acceptors (Lipinski definition) is 7. The van der Waals surface area contributed by atoms with E-state index in [0.29, 0.717) is 31.1 Å². The molecule has 1 fully saturated rings. The molecule has 3 aromatic rings. The molecule has 7 nitrogen and oxygen atoms in total. The van der Waals surface area contributed by atoms with Crippen LogP contribution in [0.3, 0.4) is 0 Å². The summed E-state index contributed by atoms with van der Waals surface area (Å²) in [7, 11) is 0. The predicted octanol–water partition coefficient (Wildman–Crippen LogP) is 4.07. The lowest BCUT2D eigenvalue weighted by Crippen LogP contribution is -2.37. The third-order valence-corrected chi connectivity index (χ3v) is 4.84. The van der Waals surface area contributed by atoms with Crippen molar-refractivity contribution in [1.29, 1.82) is 0 Å². The van der Waals surface area contributed by atoms with Crippen LogP contribution in [-0.4, -0.2) is 41.3 Å². The molecule has 0 bridgehead atoms. The number of benzene rings is 2. The zero-order valence-electron chi connectivity index (χ0n) is 16.9. The van der Waals surface area contributed by atoms with Crippen LogP contribution < -0.4 is 15.5 Å². The van der Waals surface area contributed by atoms with E-state index in [2.05, 4.69) is 68.6 Å². The van der Waals surface area contributed by atoms with Gasteiger partial charge in [0.25, 0.3) is 0 Å². The molecule has 0 radical (unpaired) electrons. The molecule has 2 heterocycles. The van der Waals surface area contributed by atoms with E-state index in [4.69, 9.17) is 4.74 Å². The van der Waals surface area contributed by atoms with Crippen LogP contribution >= 0.6 is 0 Å². The van der Waals surface area contributed by atoms with E-state index in [0.717, 1.165) is 30.9 Å². The molecule has 0 spiro atoms. The van der Waals surface area contributed by atoms with Crippen molar-refractivity contribution < 1.29 is 4.74 Å².